The molecule has 0 radical (unpaired) electrons. The molecule has 0 saturated carbocycles. The molecule has 21 heavy (non-hydrogen) atoms. The third-order valence-electron chi connectivity index (χ3n) is 3.28. The summed E-state index contributed by atoms with van der Waals surface area (Å²) in [5, 5.41) is 8.48. The van der Waals surface area contributed by atoms with Gasteiger partial charge in [-0.2, -0.15) is 0 Å². The summed E-state index contributed by atoms with van der Waals surface area (Å²) in [5.74, 6) is -0.702. The Morgan fingerprint density at radius 3 is 2.00 bits per heavy atom. The standard InChI is InChI=1S/C17H18O3S/c18-17(19)16(12-11-14-7-3-1-4-8-14)21(20)13-15-9-5-2-6-10-15/h1-10,16H,11-13H2,(H,18,19). The lowest BCUT2D eigenvalue weighted by Gasteiger charge is -2.12. The van der Waals surface area contributed by atoms with Crippen molar-refractivity contribution < 1.29 is 14.1 Å². The molecule has 3 nitrogen and oxygen atoms in total. The Bertz CT molecular complexity index is 596. The molecule has 0 aliphatic rings. The maximum absolute atomic E-state index is 12.3. The number of carboxylic acids is 1. The number of aliphatic carboxylic acids is 1. The van der Waals surface area contributed by atoms with Crippen LogP contribution in [0.5, 0.6) is 0 Å². The molecule has 0 saturated heterocycles. The molecule has 110 valence electrons. The minimum Gasteiger partial charge on any atom is -0.480 e. The van der Waals surface area contributed by atoms with Gasteiger partial charge < -0.3 is 5.11 Å². The van der Waals surface area contributed by atoms with E-state index in [9.17, 15) is 14.1 Å². The first-order chi connectivity index (χ1) is 10.2. The van der Waals surface area contributed by atoms with Crippen molar-refractivity contribution >= 4 is 16.8 Å². The molecule has 0 fully saturated rings. The van der Waals surface area contributed by atoms with E-state index in [-0.39, 0.29) is 5.75 Å². The average Bonchev–Trinajstić information content (AvgIpc) is 2.49. The molecule has 2 atom stereocenters. The minimum atomic E-state index is -1.41. The van der Waals surface area contributed by atoms with Gasteiger partial charge in [-0.1, -0.05) is 60.7 Å². The van der Waals surface area contributed by atoms with Crippen LogP contribution < -0.4 is 0 Å². The topological polar surface area (TPSA) is 54.4 Å². The van der Waals surface area contributed by atoms with E-state index >= 15 is 0 Å². The Morgan fingerprint density at radius 2 is 1.48 bits per heavy atom. The van der Waals surface area contributed by atoms with E-state index in [2.05, 4.69) is 0 Å². The normalized spacial score (nSPS) is 13.5. The number of rotatable bonds is 7. The van der Waals surface area contributed by atoms with Gasteiger partial charge in [0.15, 0.2) is 0 Å². The van der Waals surface area contributed by atoms with Crippen LogP contribution in [0.25, 0.3) is 0 Å². The summed E-state index contributed by atoms with van der Waals surface area (Å²) in [6.45, 7) is 0. The Hall–Kier alpha value is -1.94. The lowest BCUT2D eigenvalue weighted by atomic mass is 10.1. The second-order valence-corrected chi connectivity index (χ2v) is 6.48. The highest BCUT2D eigenvalue weighted by molar-refractivity contribution is 7.85. The number of hydrogen-bond donors (Lipinski definition) is 1. The minimum absolute atomic E-state index is 0.284. The number of aryl methyl sites for hydroxylation is 1. The van der Waals surface area contributed by atoms with Crippen molar-refractivity contribution in [3.63, 3.8) is 0 Å². The summed E-state index contributed by atoms with van der Waals surface area (Å²) in [4.78, 5) is 11.4. The van der Waals surface area contributed by atoms with E-state index in [1.807, 2.05) is 60.7 Å². The van der Waals surface area contributed by atoms with Gasteiger partial charge in [0.05, 0.1) is 0 Å². The van der Waals surface area contributed by atoms with Crippen LogP contribution in [-0.4, -0.2) is 20.5 Å². The quantitative estimate of drug-likeness (QED) is 0.855. The molecular weight excluding hydrogens is 284 g/mol. The highest BCUT2D eigenvalue weighted by Gasteiger charge is 2.24. The van der Waals surface area contributed by atoms with Crippen LogP contribution in [0, 0.1) is 0 Å². The number of carboxylic acid groups (broad SMARTS) is 1. The lowest BCUT2D eigenvalue weighted by molar-refractivity contribution is -0.136. The van der Waals surface area contributed by atoms with E-state index in [0.29, 0.717) is 12.8 Å². The maximum Gasteiger partial charge on any atom is 0.319 e. The molecule has 2 unspecified atom stereocenters. The molecule has 2 rings (SSSR count). The number of benzene rings is 2. The largest absolute Gasteiger partial charge is 0.480 e. The Labute approximate surface area is 127 Å². The number of carbonyl (C=O) groups is 1. The maximum atomic E-state index is 12.3. The molecule has 0 heterocycles. The van der Waals surface area contributed by atoms with E-state index in [4.69, 9.17) is 0 Å². The zero-order valence-electron chi connectivity index (χ0n) is 11.6. The van der Waals surface area contributed by atoms with Crippen LogP contribution in [0.4, 0.5) is 0 Å². The Balaban J connectivity index is 1.98. The molecule has 0 aliphatic carbocycles. The highest BCUT2D eigenvalue weighted by Crippen LogP contribution is 2.13. The van der Waals surface area contributed by atoms with E-state index in [0.717, 1.165) is 11.1 Å². The monoisotopic (exact) mass is 302 g/mol. The van der Waals surface area contributed by atoms with Gasteiger partial charge >= 0.3 is 5.97 Å². The molecule has 2 aromatic carbocycles. The molecule has 1 N–H and O–H groups in total. The summed E-state index contributed by atoms with van der Waals surface area (Å²) < 4.78 is 12.3. The van der Waals surface area contributed by atoms with Crippen molar-refractivity contribution in [2.24, 2.45) is 0 Å². The molecule has 0 aromatic heterocycles. The zero-order valence-corrected chi connectivity index (χ0v) is 12.5. The SMILES string of the molecule is O=C(O)C(CCc1ccccc1)S(=O)Cc1ccccc1. The van der Waals surface area contributed by atoms with Crippen molar-refractivity contribution in [2.75, 3.05) is 0 Å². The molecule has 4 heteroatoms. The van der Waals surface area contributed by atoms with E-state index < -0.39 is 22.0 Å². The van der Waals surface area contributed by atoms with Crippen LogP contribution in [0.1, 0.15) is 17.5 Å². The first-order valence-corrected chi connectivity index (χ1v) is 8.23. The van der Waals surface area contributed by atoms with Gasteiger partial charge in [0.25, 0.3) is 0 Å². The summed E-state index contributed by atoms with van der Waals surface area (Å²) in [6, 6.07) is 19.0. The van der Waals surface area contributed by atoms with Gasteiger partial charge in [-0.15, -0.1) is 0 Å². The van der Waals surface area contributed by atoms with E-state index in [1.165, 1.54) is 0 Å². The van der Waals surface area contributed by atoms with Crippen molar-refractivity contribution in [2.45, 2.75) is 23.8 Å². The Morgan fingerprint density at radius 1 is 0.952 bits per heavy atom. The van der Waals surface area contributed by atoms with Crippen LogP contribution in [-0.2, 0) is 27.8 Å². The van der Waals surface area contributed by atoms with Crippen LogP contribution in [0.3, 0.4) is 0 Å². The summed E-state index contributed by atoms with van der Waals surface area (Å²) >= 11 is 0. The molecule has 0 bridgehead atoms. The molecule has 0 aliphatic heterocycles. The summed E-state index contributed by atoms with van der Waals surface area (Å²) in [6.07, 6.45) is 1.01. The second kappa shape index (κ2) is 7.74. The van der Waals surface area contributed by atoms with Crippen molar-refractivity contribution in [1.29, 1.82) is 0 Å². The predicted octanol–water partition coefficient (Wildman–Crippen LogP) is 3.02. The van der Waals surface area contributed by atoms with Crippen LogP contribution in [0.15, 0.2) is 60.7 Å². The van der Waals surface area contributed by atoms with Crippen LogP contribution >= 0.6 is 0 Å². The van der Waals surface area contributed by atoms with Crippen molar-refractivity contribution in [1.82, 2.24) is 0 Å². The van der Waals surface area contributed by atoms with Gasteiger partial charge in [-0.3, -0.25) is 9.00 Å². The fourth-order valence-electron chi connectivity index (χ4n) is 2.15. The molecule has 2 aromatic rings. The zero-order chi connectivity index (χ0) is 15.1. The summed E-state index contributed by atoms with van der Waals surface area (Å²) in [5.41, 5.74) is 1.97. The fraction of sp³-hybridized carbons (Fsp3) is 0.235. The third-order valence-corrected chi connectivity index (χ3v) is 4.97. The van der Waals surface area contributed by atoms with E-state index in [1.54, 1.807) is 0 Å². The first kappa shape index (κ1) is 15.4. The smallest absolute Gasteiger partial charge is 0.319 e. The van der Waals surface area contributed by atoms with Gasteiger partial charge in [0.2, 0.25) is 0 Å². The predicted molar refractivity (Wildman–Crippen MR) is 84.5 cm³/mol. The molecule has 0 amide bonds. The van der Waals surface area contributed by atoms with Crippen LogP contribution in [0.2, 0.25) is 0 Å². The molecule has 0 spiro atoms. The van der Waals surface area contributed by atoms with Gasteiger partial charge in [0.1, 0.15) is 5.25 Å². The van der Waals surface area contributed by atoms with Crippen molar-refractivity contribution in [3.8, 4) is 0 Å². The summed E-state index contributed by atoms with van der Waals surface area (Å²) in [7, 11) is -1.41. The van der Waals surface area contributed by atoms with Gasteiger partial charge in [-0.25, -0.2) is 0 Å². The first-order valence-electron chi connectivity index (χ1n) is 6.84. The third kappa shape index (κ3) is 4.83. The fourth-order valence-corrected chi connectivity index (χ4v) is 3.48. The van der Waals surface area contributed by atoms with Crippen molar-refractivity contribution in [3.05, 3.63) is 71.8 Å². The number of hydrogen-bond acceptors (Lipinski definition) is 2. The lowest BCUT2D eigenvalue weighted by Crippen LogP contribution is -2.27. The van der Waals surface area contributed by atoms with Gasteiger partial charge in [-0.05, 0) is 24.0 Å². The Kier molecular flexibility index (Phi) is 5.69. The second-order valence-electron chi connectivity index (χ2n) is 4.86. The highest BCUT2D eigenvalue weighted by atomic mass is 32.2. The van der Waals surface area contributed by atoms with Gasteiger partial charge in [0, 0.05) is 16.6 Å². The molecular formula is C17H18O3S. The average molecular weight is 302 g/mol.